The lowest BCUT2D eigenvalue weighted by Crippen LogP contribution is -2.16. The van der Waals surface area contributed by atoms with Crippen molar-refractivity contribution in [3.8, 4) is 23.0 Å². The fraction of sp³-hybridized carbons (Fsp3) is 0.206. The molecule has 5 rings (SSSR count). The molecule has 0 radical (unpaired) electrons. The fourth-order valence-electron chi connectivity index (χ4n) is 3.78. The Morgan fingerprint density at radius 3 is 1.10 bits per heavy atom. The summed E-state index contributed by atoms with van der Waals surface area (Å²) in [7, 11) is -3.67. The Morgan fingerprint density at radius 1 is 0.608 bits per heavy atom. The zero-order valence-corrected chi connectivity index (χ0v) is 30.7. The molecule has 4 N–H and O–H groups in total. The zero-order chi connectivity index (χ0) is 38.4. The van der Waals surface area contributed by atoms with Crippen molar-refractivity contribution in [2.24, 2.45) is 0 Å². The fourth-order valence-corrected chi connectivity index (χ4v) is 7.07. The predicted molar refractivity (Wildman–Crippen MR) is 202 cm³/mol. The second-order valence-corrected chi connectivity index (χ2v) is 13.4. The summed E-state index contributed by atoms with van der Waals surface area (Å²) in [5, 5.41) is 37.1. The van der Waals surface area contributed by atoms with Gasteiger partial charge in [0.15, 0.2) is 5.78 Å². The molecule has 0 bridgehead atoms. The first-order valence-corrected chi connectivity index (χ1v) is 17.9. The number of rotatable bonds is 5. The first-order valence-electron chi connectivity index (χ1n) is 14.6. The van der Waals surface area contributed by atoms with E-state index in [0.29, 0.717) is 11.1 Å². The normalized spacial score (nSPS) is 12.0. The van der Waals surface area contributed by atoms with Crippen LogP contribution in [0.4, 0.5) is 12.9 Å². The number of ketones is 1. The quantitative estimate of drug-likeness (QED) is 0.0386. The van der Waals surface area contributed by atoms with Gasteiger partial charge in [-0.05, 0) is 95.4 Å². The van der Waals surface area contributed by atoms with Gasteiger partial charge in [-0.1, -0.05) is 24.3 Å². The molecule has 274 valence electrons. The number of thiol groups is 2. The van der Waals surface area contributed by atoms with Crippen LogP contribution in [0.3, 0.4) is 0 Å². The Labute approximate surface area is 313 Å². The van der Waals surface area contributed by atoms with Crippen molar-refractivity contribution in [3.05, 3.63) is 119 Å². The van der Waals surface area contributed by atoms with Crippen LogP contribution in [-0.2, 0) is 23.4 Å². The first kappa shape index (κ1) is 45.0. The van der Waals surface area contributed by atoms with E-state index < -0.39 is 19.5 Å². The molecular weight excluding hydrogens is 748 g/mol. The average Bonchev–Trinajstić information content (AvgIpc) is 3.60. The minimum Gasteiger partial charge on any atom is -0.508 e. The van der Waals surface area contributed by atoms with Gasteiger partial charge in [-0.25, -0.2) is 19.4 Å². The smallest absolute Gasteiger partial charge is 0.508 e. The van der Waals surface area contributed by atoms with Gasteiger partial charge in [0, 0.05) is 36.5 Å². The van der Waals surface area contributed by atoms with Crippen molar-refractivity contribution >= 4 is 74.0 Å². The number of halogens is 3. The third-order valence-electron chi connectivity index (χ3n) is 5.82. The monoisotopic (exact) mass is 784 g/mol. The van der Waals surface area contributed by atoms with Gasteiger partial charge in [0.05, 0.1) is 0 Å². The molecule has 1 fully saturated rings. The van der Waals surface area contributed by atoms with Crippen molar-refractivity contribution in [3.63, 3.8) is 0 Å². The van der Waals surface area contributed by atoms with Crippen molar-refractivity contribution < 1.29 is 57.5 Å². The Kier molecular flexibility index (Phi) is 21.3. The van der Waals surface area contributed by atoms with E-state index in [9.17, 15) is 37.5 Å². The second kappa shape index (κ2) is 24.2. The maximum atomic E-state index is 11.9. The van der Waals surface area contributed by atoms with Gasteiger partial charge in [0.25, 0.3) is 0 Å². The topological polar surface area (TPSA) is 151 Å². The summed E-state index contributed by atoms with van der Waals surface area (Å²) in [6.07, 6.45) is 0. The largest absolute Gasteiger partial charge is 0.762 e. The van der Waals surface area contributed by atoms with E-state index >= 15 is 0 Å². The molecular formula is C34H36BF3O9S4. The molecule has 0 spiro atoms. The second-order valence-electron chi connectivity index (χ2n) is 9.67. The zero-order valence-electron chi connectivity index (χ0n) is 27.3. The van der Waals surface area contributed by atoms with Gasteiger partial charge >= 0.3 is 19.5 Å². The maximum absolute atomic E-state index is 11.9. The van der Waals surface area contributed by atoms with Crippen LogP contribution < -0.4 is 0 Å². The van der Waals surface area contributed by atoms with Crippen LogP contribution in [-0.4, -0.2) is 68.7 Å². The average molecular weight is 785 g/mol. The van der Waals surface area contributed by atoms with E-state index in [1.54, 1.807) is 48.5 Å². The molecule has 0 saturated carbocycles. The molecule has 0 aliphatic carbocycles. The molecule has 17 heteroatoms. The molecule has 1 aliphatic heterocycles. The van der Waals surface area contributed by atoms with Gasteiger partial charge in [-0.15, -0.1) is 23.5 Å². The number of phenolic OH excluding ortho intramolecular Hbond substituents is 4. The van der Waals surface area contributed by atoms with Crippen molar-refractivity contribution in [1.29, 1.82) is 0 Å². The van der Waals surface area contributed by atoms with Crippen LogP contribution >= 0.6 is 48.8 Å². The summed E-state index contributed by atoms with van der Waals surface area (Å²) < 4.78 is 28.9. The third kappa shape index (κ3) is 17.6. The van der Waals surface area contributed by atoms with E-state index in [2.05, 4.69) is 35.0 Å². The van der Waals surface area contributed by atoms with Crippen molar-refractivity contribution in [2.75, 3.05) is 23.0 Å². The lowest BCUT2D eigenvalue weighted by Gasteiger charge is -2.28. The summed E-state index contributed by atoms with van der Waals surface area (Å²) in [6, 6.07) is 27.0. The highest BCUT2D eigenvalue weighted by molar-refractivity contribution is 8.20. The van der Waals surface area contributed by atoms with Gasteiger partial charge < -0.3 is 20.4 Å². The SMILES string of the molecule is CC(=O)OOC(C)=O.FB(F)F.O=C(c1ccc(O)cc1)c1ccc(O)cc1.Oc1ccc(C2(c3ccc(O)cc3)SCCS2)cc1.SCCS. The number of hydrogen-bond acceptors (Lipinski definition) is 13. The van der Waals surface area contributed by atoms with Crippen molar-refractivity contribution in [2.45, 2.75) is 17.9 Å². The number of carbonyl (C=O) groups excluding carboxylic acids is 3. The summed E-state index contributed by atoms with van der Waals surface area (Å²) in [4.78, 5) is 39.2. The number of thioether (sulfide) groups is 2. The molecule has 1 saturated heterocycles. The van der Waals surface area contributed by atoms with Crippen LogP contribution in [0.1, 0.15) is 40.9 Å². The first-order chi connectivity index (χ1) is 24.1. The summed E-state index contributed by atoms with van der Waals surface area (Å²) in [5.74, 6) is 3.38. The molecule has 4 aromatic rings. The molecule has 0 amide bonds. The lowest BCUT2D eigenvalue weighted by atomic mass is 10.0. The van der Waals surface area contributed by atoms with E-state index in [4.69, 9.17) is 10.2 Å². The van der Waals surface area contributed by atoms with Crippen LogP contribution in [0.15, 0.2) is 97.1 Å². The van der Waals surface area contributed by atoms with E-state index in [1.807, 2.05) is 47.8 Å². The number of hydrogen-bond donors (Lipinski definition) is 6. The highest BCUT2D eigenvalue weighted by Gasteiger charge is 2.39. The molecule has 0 aromatic heterocycles. The number of carbonyl (C=O) groups is 3. The van der Waals surface area contributed by atoms with Gasteiger partial charge in [0.2, 0.25) is 0 Å². The molecule has 1 aliphatic rings. The Bertz CT molecular complexity index is 1500. The van der Waals surface area contributed by atoms with E-state index in [1.165, 1.54) is 35.4 Å². The summed E-state index contributed by atoms with van der Waals surface area (Å²) >= 11 is 11.5. The highest BCUT2D eigenvalue weighted by atomic mass is 32.2. The molecule has 4 aromatic carbocycles. The van der Waals surface area contributed by atoms with E-state index in [-0.39, 0.29) is 32.9 Å². The van der Waals surface area contributed by atoms with Crippen LogP contribution in [0.5, 0.6) is 23.0 Å². The highest BCUT2D eigenvalue weighted by Crippen LogP contribution is 2.56. The Balaban J connectivity index is 0.000000365. The Morgan fingerprint density at radius 2 is 0.863 bits per heavy atom. The van der Waals surface area contributed by atoms with Crippen LogP contribution in [0, 0.1) is 0 Å². The predicted octanol–water partition coefficient (Wildman–Crippen LogP) is 7.86. The molecule has 9 nitrogen and oxygen atoms in total. The van der Waals surface area contributed by atoms with Crippen LogP contribution in [0.25, 0.3) is 0 Å². The van der Waals surface area contributed by atoms with Gasteiger partial charge in [-0.3, -0.25) is 17.7 Å². The molecule has 0 atom stereocenters. The lowest BCUT2D eigenvalue weighted by molar-refractivity contribution is -0.255. The van der Waals surface area contributed by atoms with E-state index in [0.717, 1.165) is 36.9 Å². The number of benzene rings is 4. The molecule has 0 unspecified atom stereocenters. The van der Waals surface area contributed by atoms with Gasteiger partial charge in [0.1, 0.15) is 27.1 Å². The third-order valence-corrected chi connectivity index (χ3v) is 10.2. The molecule has 51 heavy (non-hydrogen) atoms. The van der Waals surface area contributed by atoms with Crippen LogP contribution in [0.2, 0.25) is 0 Å². The minimum atomic E-state index is -3.67. The summed E-state index contributed by atoms with van der Waals surface area (Å²) in [6.45, 7) is 2.28. The molecule has 1 heterocycles. The number of aromatic hydroxyl groups is 4. The Hall–Kier alpha value is -4.06. The number of phenols is 4. The summed E-state index contributed by atoms with van der Waals surface area (Å²) in [5.41, 5.74) is 3.37. The maximum Gasteiger partial charge on any atom is 0.762 e. The minimum absolute atomic E-state index is 0.124. The van der Waals surface area contributed by atoms with Crippen molar-refractivity contribution in [1.82, 2.24) is 0 Å². The van der Waals surface area contributed by atoms with Gasteiger partial charge in [-0.2, -0.15) is 25.3 Å². The standard InChI is InChI=1S/C15H14O2S2.C13H10O3.C4H6O4.C2H6S2.BF3/c16-13-5-1-11(2-6-13)15(18-9-10-19-15)12-3-7-14(17)8-4-12;14-11-5-1-9(2-6-11)13(16)10-3-7-12(15)8-4-10;1-3(5)7-8-4(2)6;3-1-2-4;2-1(3)4/h1-8,16-17H,9-10H2;1-8,14-15H;1-2H3;3-4H,1-2H2;.